The zero-order valence-corrected chi connectivity index (χ0v) is 18.1. The van der Waals surface area contributed by atoms with Gasteiger partial charge in [0.25, 0.3) is 0 Å². The zero-order chi connectivity index (χ0) is 19.8. The van der Waals surface area contributed by atoms with Crippen LogP contribution >= 0.6 is 0 Å². The van der Waals surface area contributed by atoms with Gasteiger partial charge in [-0.15, -0.1) is 0 Å². The van der Waals surface area contributed by atoms with Crippen molar-refractivity contribution in [2.75, 3.05) is 26.7 Å². The van der Waals surface area contributed by atoms with Gasteiger partial charge in [0.2, 0.25) is 0 Å². The van der Waals surface area contributed by atoms with Crippen LogP contribution in [0.15, 0.2) is 24.3 Å². The van der Waals surface area contributed by atoms with E-state index in [1.54, 1.807) is 0 Å². The molecular weight excluding hydrogens is 346 g/mol. The lowest BCUT2D eigenvalue weighted by Gasteiger charge is -2.51. The molecule has 3 aliphatic heterocycles. The van der Waals surface area contributed by atoms with E-state index in [0.717, 1.165) is 36.0 Å². The van der Waals surface area contributed by atoms with Crippen molar-refractivity contribution in [3.63, 3.8) is 0 Å². The Kier molecular flexibility index (Phi) is 5.23. The van der Waals surface area contributed by atoms with Gasteiger partial charge in [-0.3, -0.25) is 0 Å². The summed E-state index contributed by atoms with van der Waals surface area (Å²) in [6, 6.07) is 8.40. The highest BCUT2D eigenvalue weighted by Gasteiger charge is 2.51. The number of likely N-dealkylation sites (tertiary alicyclic amines) is 1. The van der Waals surface area contributed by atoms with Crippen LogP contribution in [0, 0.1) is 17.8 Å². The predicted octanol–water partition coefficient (Wildman–Crippen LogP) is 5.11. The minimum atomic E-state index is -0.366. The third-order valence-corrected chi connectivity index (χ3v) is 7.45. The van der Waals surface area contributed by atoms with Gasteiger partial charge in [-0.25, -0.2) is 0 Å². The molecule has 0 aliphatic carbocycles. The van der Waals surface area contributed by atoms with E-state index < -0.39 is 0 Å². The van der Waals surface area contributed by atoms with Crippen LogP contribution in [0.5, 0.6) is 5.75 Å². The van der Waals surface area contributed by atoms with E-state index in [9.17, 15) is 0 Å². The fourth-order valence-corrected chi connectivity index (χ4v) is 5.32. The molecule has 2 saturated heterocycles. The number of piperidine rings is 1. The predicted molar refractivity (Wildman–Crippen MR) is 113 cm³/mol. The fraction of sp³-hybridized carbons (Fsp3) is 0.680. The molecule has 3 aliphatic rings. The lowest BCUT2D eigenvalue weighted by Crippen LogP contribution is -2.52. The molecule has 0 aromatic heterocycles. The first-order valence-electron chi connectivity index (χ1n) is 11.2. The topological polar surface area (TPSA) is 18.5 Å². The first-order chi connectivity index (χ1) is 13.4. The van der Waals surface area contributed by atoms with Gasteiger partial charge in [0.05, 0.1) is 26.2 Å². The van der Waals surface area contributed by atoms with E-state index in [-0.39, 0.29) is 17.3 Å². The van der Waals surface area contributed by atoms with Crippen LogP contribution < -0.4 is 4.74 Å². The molecule has 0 spiro atoms. The number of fused-ring (bicyclic) bond motifs is 3. The Balaban J connectivity index is 1.55. The third kappa shape index (κ3) is 3.70. The summed E-state index contributed by atoms with van der Waals surface area (Å²) in [4.78, 5) is 0. The number of para-hydroxylation sites is 1. The molecule has 0 amide bonds. The number of ether oxygens (including phenoxy) is 2. The van der Waals surface area contributed by atoms with Crippen LogP contribution in [-0.2, 0) is 4.74 Å². The van der Waals surface area contributed by atoms with Gasteiger partial charge in [-0.2, -0.15) is 0 Å². The second kappa shape index (κ2) is 7.39. The maximum Gasteiger partial charge on any atom is 0.140 e. The van der Waals surface area contributed by atoms with E-state index in [0.29, 0.717) is 5.92 Å². The highest BCUT2D eigenvalue weighted by atomic mass is 16.5. The maximum absolute atomic E-state index is 6.76. The molecule has 4 rings (SSSR count). The van der Waals surface area contributed by atoms with Gasteiger partial charge in [-0.1, -0.05) is 31.0 Å². The SMILES string of the molecule is CC[C@]1(C)Oc2ccccc2C2OC(C)(C#CC[N+]3(C)CCCCC3)CCC21. The summed E-state index contributed by atoms with van der Waals surface area (Å²) in [5, 5.41) is 0. The number of hydrogen-bond acceptors (Lipinski definition) is 2. The quantitative estimate of drug-likeness (QED) is 0.523. The molecule has 2 fully saturated rings. The Bertz CT molecular complexity index is 772. The molecule has 3 heteroatoms. The standard InChI is InChI=1S/C25H36NO2/c1-5-25(3)21-14-16-24(2,15-11-19-26(4)17-9-6-10-18-26)28-23(21)20-12-7-8-13-22(20)27-25/h7-8,12-13,21,23H,5-6,9-10,14,16-19H2,1-4H3/q+1/t21?,23?,24?,25-/m0/s1. The van der Waals surface area contributed by atoms with E-state index >= 15 is 0 Å². The highest BCUT2D eigenvalue weighted by Crippen LogP contribution is 2.53. The summed E-state index contributed by atoms with van der Waals surface area (Å²) in [6.45, 7) is 10.1. The minimum Gasteiger partial charge on any atom is -0.487 e. The summed E-state index contributed by atoms with van der Waals surface area (Å²) in [7, 11) is 2.36. The van der Waals surface area contributed by atoms with Crippen molar-refractivity contribution >= 4 is 0 Å². The average molecular weight is 383 g/mol. The smallest absolute Gasteiger partial charge is 0.140 e. The average Bonchev–Trinajstić information content (AvgIpc) is 2.68. The lowest BCUT2D eigenvalue weighted by molar-refractivity contribution is -0.907. The normalized spacial score (nSPS) is 36.3. The van der Waals surface area contributed by atoms with Crippen LogP contribution in [0.3, 0.4) is 0 Å². The Morgan fingerprint density at radius 3 is 2.64 bits per heavy atom. The highest BCUT2D eigenvalue weighted by molar-refractivity contribution is 5.39. The van der Waals surface area contributed by atoms with Gasteiger partial charge in [-0.05, 0) is 64.4 Å². The van der Waals surface area contributed by atoms with E-state index in [1.807, 2.05) is 0 Å². The van der Waals surface area contributed by atoms with Crippen molar-refractivity contribution in [2.45, 2.75) is 76.6 Å². The van der Waals surface area contributed by atoms with Crippen LogP contribution in [0.4, 0.5) is 0 Å². The first kappa shape index (κ1) is 19.8. The van der Waals surface area contributed by atoms with Crippen molar-refractivity contribution in [2.24, 2.45) is 5.92 Å². The van der Waals surface area contributed by atoms with Crippen LogP contribution in [0.2, 0.25) is 0 Å². The maximum atomic E-state index is 6.76. The van der Waals surface area contributed by atoms with E-state index in [1.165, 1.54) is 37.9 Å². The van der Waals surface area contributed by atoms with Crippen LogP contribution in [-0.4, -0.2) is 42.4 Å². The van der Waals surface area contributed by atoms with E-state index in [4.69, 9.17) is 9.47 Å². The Morgan fingerprint density at radius 1 is 1.14 bits per heavy atom. The minimum absolute atomic E-state index is 0.0720. The monoisotopic (exact) mass is 382 g/mol. The first-order valence-corrected chi connectivity index (χ1v) is 11.2. The molecule has 0 radical (unpaired) electrons. The van der Waals surface area contributed by atoms with Crippen LogP contribution in [0.25, 0.3) is 0 Å². The molecule has 0 saturated carbocycles. The summed E-state index contributed by atoms with van der Waals surface area (Å²) in [6.07, 6.45) is 7.19. The van der Waals surface area contributed by atoms with Gasteiger partial charge in [0, 0.05) is 11.5 Å². The largest absolute Gasteiger partial charge is 0.487 e. The van der Waals surface area contributed by atoms with Crippen LogP contribution in [0.1, 0.15) is 71.0 Å². The van der Waals surface area contributed by atoms with Crippen molar-refractivity contribution in [1.29, 1.82) is 0 Å². The molecule has 3 heterocycles. The molecule has 0 bridgehead atoms. The van der Waals surface area contributed by atoms with Crippen molar-refractivity contribution in [3.8, 4) is 17.6 Å². The molecule has 3 unspecified atom stereocenters. The van der Waals surface area contributed by atoms with Gasteiger partial charge < -0.3 is 14.0 Å². The molecule has 0 N–H and O–H groups in total. The Labute approximate surface area is 171 Å². The molecule has 28 heavy (non-hydrogen) atoms. The van der Waals surface area contributed by atoms with Gasteiger partial charge in [0.1, 0.15) is 23.5 Å². The molecular formula is C25H36NO2+. The molecule has 152 valence electrons. The second-order valence-corrected chi connectivity index (χ2v) is 9.81. The number of rotatable bonds is 2. The molecule has 1 aromatic rings. The summed E-state index contributed by atoms with van der Waals surface area (Å²) in [5.74, 6) is 8.44. The lowest BCUT2D eigenvalue weighted by atomic mass is 9.71. The number of benzene rings is 1. The number of hydrogen-bond donors (Lipinski definition) is 0. The second-order valence-electron chi connectivity index (χ2n) is 9.81. The van der Waals surface area contributed by atoms with Gasteiger partial charge in [0.15, 0.2) is 0 Å². The fourth-order valence-electron chi connectivity index (χ4n) is 5.32. The molecule has 1 aromatic carbocycles. The summed E-state index contributed by atoms with van der Waals surface area (Å²) in [5.41, 5.74) is 0.663. The van der Waals surface area contributed by atoms with Crippen molar-refractivity contribution < 1.29 is 14.0 Å². The van der Waals surface area contributed by atoms with E-state index in [2.05, 4.69) is 63.9 Å². The van der Waals surface area contributed by atoms with Gasteiger partial charge >= 0.3 is 0 Å². The summed E-state index contributed by atoms with van der Waals surface area (Å²) < 4.78 is 14.3. The number of quaternary nitrogens is 1. The summed E-state index contributed by atoms with van der Waals surface area (Å²) >= 11 is 0. The number of nitrogens with zero attached hydrogens (tertiary/aromatic N) is 1. The third-order valence-electron chi connectivity index (χ3n) is 7.45. The zero-order valence-electron chi connectivity index (χ0n) is 18.1. The van der Waals surface area contributed by atoms with Crippen molar-refractivity contribution in [3.05, 3.63) is 29.8 Å². The Hall–Kier alpha value is -1.50. The Morgan fingerprint density at radius 2 is 1.89 bits per heavy atom. The molecule has 3 nitrogen and oxygen atoms in total. The van der Waals surface area contributed by atoms with Crippen molar-refractivity contribution in [1.82, 2.24) is 0 Å². The molecule has 4 atom stereocenters.